The Hall–Kier alpha value is -3.48. The molecule has 0 aliphatic carbocycles. The highest BCUT2D eigenvalue weighted by molar-refractivity contribution is 5.83. The van der Waals surface area contributed by atoms with Crippen LogP contribution in [0.4, 0.5) is 0 Å². The van der Waals surface area contributed by atoms with Crippen molar-refractivity contribution in [3.05, 3.63) is 63.5 Å². The number of nitrogens with one attached hydrogen (secondary N) is 1. The molecule has 7 nitrogen and oxygen atoms in total. The SMILES string of the molecule is COc1ccc2c(C)c(CCC(=O)NC(C)c3ccc4c(c3)OCO4)c(=O)oc2c1. The van der Waals surface area contributed by atoms with Gasteiger partial charge in [0.1, 0.15) is 11.3 Å². The van der Waals surface area contributed by atoms with Crippen LogP contribution in [-0.2, 0) is 11.2 Å². The van der Waals surface area contributed by atoms with Crippen LogP contribution in [0.1, 0.15) is 36.1 Å². The van der Waals surface area contributed by atoms with Crippen LogP contribution in [0, 0.1) is 6.92 Å². The van der Waals surface area contributed by atoms with Gasteiger partial charge in [0.25, 0.3) is 0 Å². The van der Waals surface area contributed by atoms with E-state index in [0.29, 0.717) is 34.8 Å². The highest BCUT2D eigenvalue weighted by atomic mass is 16.7. The van der Waals surface area contributed by atoms with Gasteiger partial charge in [-0.25, -0.2) is 4.79 Å². The molecule has 1 aliphatic rings. The van der Waals surface area contributed by atoms with Crippen LogP contribution in [0.2, 0.25) is 0 Å². The molecule has 1 atom stereocenters. The molecular weight excluding hydrogens is 386 g/mol. The molecule has 1 aromatic heterocycles. The fourth-order valence-corrected chi connectivity index (χ4v) is 3.61. The largest absolute Gasteiger partial charge is 0.497 e. The monoisotopic (exact) mass is 409 g/mol. The highest BCUT2D eigenvalue weighted by Crippen LogP contribution is 2.34. The van der Waals surface area contributed by atoms with Gasteiger partial charge in [0, 0.05) is 23.4 Å². The van der Waals surface area contributed by atoms with Gasteiger partial charge in [-0.3, -0.25) is 4.79 Å². The lowest BCUT2D eigenvalue weighted by Crippen LogP contribution is -2.27. The van der Waals surface area contributed by atoms with Crippen molar-refractivity contribution < 1.29 is 23.4 Å². The zero-order valence-electron chi connectivity index (χ0n) is 17.1. The van der Waals surface area contributed by atoms with Crippen molar-refractivity contribution >= 4 is 16.9 Å². The molecule has 0 bridgehead atoms. The Morgan fingerprint density at radius 3 is 2.77 bits per heavy atom. The summed E-state index contributed by atoms with van der Waals surface area (Å²) in [5.74, 6) is 1.85. The van der Waals surface area contributed by atoms with Crippen molar-refractivity contribution in [3.8, 4) is 17.2 Å². The van der Waals surface area contributed by atoms with Crippen LogP contribution in [-0.4, -0.2) is 19.8 Å². The Morgan fingerprint density at radius 2 is 1.97 bits per heavy atom. The van der Waals surface area contributed by atoms with E-state index in [2.05, 4.69) is 5.32 Å². The molecular formula is C23H23NO6. The number of amides is 1. The molecule has 2 aromatic carbocycles. The zero-order chi connectivity index (χ0) is 21.3. The number of ether oxygens (including phenoxy) is 3. The van der Waals surface area contributed by atoms with E-state index in [1.165, 1.54) is 0 Å². The third-order valence-electron chi connectivity index (χ3n) is 5.37. The Kier molecular flexibility index (Phi) is 5.35. The second kappa shape index (κ2) is 8.10. The maximum atomic E-state index is 12.5. The first-order chi connectivity index (χ1) is 14.5. The fraction of sp³-hybridized carbons (Fsp3) is 0.304. The maximum Gasteiger partial charge on any atom is 0.339 e. The van der Waals surface area contributed by atoms with Crippen LogP contribution in [0.15, 0.2) is 45.6 Å². The Labute approximate surface area is 173 Å². The molecule has 0 radical (unpaired) electrons. The molecule has 3 aromatic rings. The predicted octanol–water partition coefficient (Wildman–Crippen LogP) is 3.65. The number of hydrogen-bond acceptors (Lipinski definition) is 6. The van der Waals surface area contributed by atoms with E-state index < -0.39 is 5.63 Å². The van der Waals surface area contributed by atoms with E-state index in [1.54, 1.807) is 13.2 Å². The lowest BCUT2D eigenvalue weighted by molar-refractivity contribution is -0.121. The molecule has 1 aliphatic heterocycles. The van der Waals surface area contributed by atoms with Crippen molar-refractivity contribution in [3.63, 3.8) is 0 Å². The average Bonchev–Trinajstić information content (AvgIpc) is 3.21. The van der Waals surface area contributed by atoms with Crippen molar-refractivity contribution in [2.45, 2.75) is 32.7 Å². The van der Waals surface area contributed by atoms with E-state index in [1.807, 2.05) is 44.2 Å². The van der Waals surface area contributed by atoms with Gasteiger partial charge in [0.05, 0.1) is 13.2 Å². The van der Waals surface area contributed by atoms with Gasteiger partial charge in [-0.1, -0.05) is 6.07 Å². The Balaban J connectivity index is 1.44. The summed E-state index contributed by atoms with van der Waals surface area (Å²) < 4.78 is 21.3. The van der Waals surface area contributed by atoms with E-state index in [9.17, 15) is 9.59 Å². The summed E-state index contributed by atoms with van der Waals surface area (Å²) in [6.07, 6.45) is 0.484. The first-order valence-electron chi connectivity index (χ1n) is 9.75. The summed E-state index contributed by atoms with van der Waals surface area (Å²) in [5.41, 5.74) is 2.30. The first-order valence-corrected chi connectivity index (χ1v) is 9.75. The van der Waals surface area contributed by atoms with Gasteiger partial charge in [-0.15, -0.1) is 0 Å². The van der Waals surface area contributed by atoms with Crippen LogP contribution in [0.3, 0.4) is 0 Å². The standard InChI is InChI=1S/C23H23NO6/c1-13-17-6-5-16(27-3)11-20(17)30-23(26)18(13)7-9-22(25)24-14(2)15-4-8-19-21(10-15)29-12-28-19/h4-6,8,10-11,14H,7,9,12H2,1-3H3,(H,24,25). The minimum atomic E-state index is -0.426. The van der Waals surface area contributed by atoms with Crippen LogP contribution >= 0.6 is 0 Å². The summed E-state index contributed by atoms with van der Waals surface area (Å²) in [5, 5.41) is 3.80. The first kappa shape index (κ1) is 19.8. The van der Waals surface area contributed by atoms with Gasteiger partial charge >= 0.3 is 5.63 Å². The summed E-state index contributed by atoms with van der Waals surface area (Å²) in [6, 6.07) is 10.8. The lowest BCUT2D eigenvalue weighted by Gasteiger charge is -2.15. The van der Waals surface area contributed by atoms with Gasteiger partial charge in [-0.2, -0.15) is 0 Å². The second-order valence-electron chi connectivity index (χ2n) is 7.26. The van der Waals surface area contributed by atoms with Crippen molar-refractivity contribution in [1.82, 2.24) is 5.32 Å². The lowest BCUT2D eigenvalue weighted by atomic mass is 10.0. The van der Waals surface area contributed by atoms with E-state index >= 15 is 0 Å². The van der Waals surface area contributed by atoms with E-state index in [4.69, 9.17) is 18.6 Å². The van der Waals surface area contributed by atoms with Crippen LogP contribution in [0.5, 0.6) is 17.2 Å². The molecule has 1 unspecified atom stereocenters. The molecule has 1 N–H and O–H groups in total. The fourth-order valence-electron chi connectivity index (χ4n) is 3.61. The predicted molar refractivity (Wildman–Crippen MR) is 111 cm³/mol. The molecule has 30 heavy (non-hydrogen) atoms. The number of carbonyl (C=O) groups is 1. The smallest absolute Gasteiger partial charge is 0.339 e. The minimum absolute atomic E-state index is 0.145. The molecule has 2 heterocycles. The number of rotatable bonds is 6. The number of carbonyl (C=O) groups excluding carboxylic acids is 1. The number of aryl methyl sites for hydroxylation is 1. The quantitative estimate of drug-likeness (QED) is 0.626. The molecule has 1 amide bonds. The maximum absolute atomic E-state index is 12.5. The summed E-state index contributed by atoms with van der Waals surface area (Å²) >= 11 is 0. The van der Waals surface area contributed by atoms with Crippen molar-refractivity contribution in [1.29, 1.82) is 0 Å². The van der Waals surface area contributed by atoms with Gasteiger partial charge in [-0.05, 0) is 55.7 Å². The zero-order valence-corrected chi connectivity index (χ0v) is 17.1. The topological polar surface area (TPSA) is 87.0 Å². The summed E-state index contributed by atoms with van der Waals surface area (Å²) in [7, 11) is 1.56. The summed E-state index contributed by atoms with van der Waals surface area (Å²) in [6.45, 7) is 3.98. The average molecular weight is 409 g/mol. The van der Waals surface area contributed by atoms with Gasteiger partial charge < -0.3 is 23.9 Å². The van der Waals surface area contributed by atoms with Crippen LogP contribution < -0.4 is 25.2 Å². The molecule has 0 saturated heterocycles. The third-order valence-corrected chi connectivity index (χ3v) is 5.37. The second-order valence-corrected chi connectivity index (χ2v) is 7.26. The third kappa shape index (κ3) is 3.83. The molecule has 0 fully saturated rings. The van der Waals surface area contributed by atoms with Gasteiger partial charge in [0.15, 0.2) is 11.5 Å². The number of fused-ring (bicyclic) bond motifs is 2. The minimum Gasteiger partial charge on any atom is -0.497 e. The van der Waals surface area contributed by atoms with E-state index in [-0.39, 0.29) is 25.2 Å². The normalized spacial score (nSPS) is 13.3. The van der Waals surface area contributed by atoms with E-state index in [0.717, 1.165) is 16.5 Å². The Bertz CT molecular complexity index is 1170. The molecule has 156 valence electrons. The number of methoxy groups -OCH3 is 1. The number of benzene rings is 2. The van der Waals surface area contributed by atoms with Crippen molar-refractivity contribution in [2.24, 2.45) is 0 Å². The molecule has 0 spiro atoms. The number of hydrogen-bond donors (Lipinski definition) is 1. The molecule has 0 saturated carbocycles. The molecule has 7 heteroatoms. The highest BCUT2D eigenvalue weighted by Gasteiger charge is 2.18. The summed E-state index contributed by atoms with van der Waals surface area (Å²) in [4.78, 5) is 24.9. The Morgan fingerprint density at radius 1 is 1.17 bits per heavy atom. The molecule has 4 rings (SSSR count). The van der Waals surface area contributed by atoms with Gasteiger partial charge in [0.2, 0.25) is 12.7 Å². The van der Waals surface area contributed by atoms with Crippen molar-refractivity contribution in [2.75, 3.05) is 13.9 Å². The van der Waals surface area contributed by atoms with Crippen LogP contribution in [0.25, 0.3) is 11.0 Å².